The molecule has 0 aliphatic rings. The van der Waals surface area contributed by atoms with Crippen LogP contribution in [0.15, 0.2) is 12.1 Å². The number of benzene rings is 1. The van der Waals surface area contributed by atoms with Crippen molar-refractivity contribution in [3.8, 4) is 0 Å². The zero-order valence-electron chi connectivity index (χ0n) is 11.9. The van der Waals surface area contributed by atoms with Crippen molar-refractivity contribution < 1.29 is 9.53 Å². The number of rotatable bonds is 4. The maximum Gasteiger partial charge on any atom is 0.328 e. The molecule has 1 aromatic carbocycles. The van der Waals surface area contributed by atoms with E-state index in [-0.39, 0.29) is 6.61 Å². The van der Waals surface area contributed by atoms with Gasteiger partial charge in [0.2, 0.25) is 3.79 Å². The number of ether oxygens (including phenoxy) is 1. The summed E-state index contributed by atoms with van der Waals surface area (Å²) in [5.41, 5.74) is 4.28. The predicted molar refractivity (Wildman–Crippen MR) is 85.0 cm³/mol. The van der Waals surface area contributed by atoms with E-state index in [1.165, 1.54) is 0 Å². The molecule has 0 spiro atoms. The number of carbonyl (C=O) groups excluding carboxylic acids is 1. The Morgan fingerprint density at radius 2 is 1.90 bits per heavy atom. The van der Waals surface area contributed by atoms with E-state index in [2.05, 4.69) is 11.4 Å². The minimum atomic E-state index is -1.59. The van der Waals surface area contributed by atoms with Gasteiger partial charge in [-0.05, 0) is 50.5 Å². The molecule has 0 unspecified atom stereocenters. The number of carbonyl (C=O) groups is 1. The van der Waals surface area contributed by atoms with Crippen molar-refractivity contribution in [2.45, 2.75) is 37.5 Å². The zero-order valence-corrected chi connectivity index (χ0v) is 14.2. The summed E-state index contributed by atoms with van der Waals surface area (Å²) >= 11 is 16.6. The van der Waals surface area contributed by atoms with E-state index in [0.717, 1.165) is 22.4 Å². The molecule has 1 atom stereocenters. The smallest absolute Gasteiger partial charge is 0.328 e. The van der Waals surface area contributed by atoms with Crippen LogP contribution in [-0.4, -0.2) is 22.4 Å². The molecule has 0 saturated carbocycles. The second kappa shape index (κ2) is 6.88. The number of nitrogens with one attached hydrogen (secondary N) is 1. The van der Waals surface area contributed by atoms with Crippen LogP contribution in [0.25, 0.3) is 0 Å². The van der Waals surface area contributed by atoms with Gasteiger partial charge in [-0.2, -0.15) is 0 Å². The van der Waals surface area contributed by atoms with Crippen molar-refractivity contribution in [1.29, 1.82) is 0 Å². The average Bonchev–Trinajstić information content (AvgIpc) is 2.31. The van der Waals surface area contributed by atoms with Crippen molar-refractivity contribution >= 4 is 46.5 Å². The normalized spacial score (nSPS) is 12.9. The lowest BCUT2D eigenvalue weighted by atomic mass is 10.0. The lowest BCUT2D eigenvalue weighted by molar-refractivity contribution is -0.144. The molecule has 20 heavy (non-hydrogen) atoms. The fourth-order valence-corrected chi connectivity index (χ4v) is 1.92. The Kier molecular flexibility index (Phi) is 5.99. The van der Waals surface area contributed by atoms with Gasteiger partial charge in [-0.15, -0.1) is 0 Å². The van der Waals surface area contributed by atoms with Crippen LogP contribution < -0.4 is 5.32 Å². The standard InChI is InChI=1S/C14H18Cl3NO2/c1-8-5-9(2)10(3)12(6-8)18-11(4)13(19)20-7-14(15,16)17/h5-6,11,18H,7H2,1-4H3/t11-/m0/s1. The summed E-state index contributed by atoms with van der Waals surface area (Å²) in [6.07, 6.45) is 0. The fourth-order valence-electron chi connectivity index (χ4n) is 1.76. The van der Waals surface area contributed by atoms with E-state index in [0.29, 0.717) is 0 Å². The largest absolute Gasteiger partial charge is 0.460 e. The van der Waals surface area contributed by atoms with Crippen LogP contribution in [0.5, 0.6) is 0 Å². The first-order chi connectivity index (χ1) is 9.10. The van der Waals surface area contributed by atoms with Crippen LogP contribution in [-0.2, 0) is 9.53 Å². The van der Waals surface area contributed by atoms with E-state index < -0.39 is 15.8 Å². The van der Waals surface area contributed by atoms with Gasteiger partial charge in [0.1, 0.15) is 12.6 Å². The van der Waals surface area contributed by atoms with Crippen LogP contribution in [0.2, 0.25) is 0 Å². The number of halogens is 3. The predicted octanol–water partition coefficient (Wildman–Crippen LogP) is 4.33. The number of esters is 1. The maximum atomic E-state index is 11.8. The summed E-state index contributed by atoms with van der Waals surface area (Å²) in [4.78, 5) is 11.8. The van der Waals surface area contributed by atoms with Crippen molar-refractivity contribution in [3.05, 3.63) is 28.8 Å². The average molecular weight is 339 g/mol. The van der Waals surface area contributed by atoms with E-state index >= 15 is 0 Å². The minimum absolute atomic E-state index is 0.269. The highest BCUT2D eigenvalue weighted by molar-refractivity contribution is 6.67. The monoisotopic (exact) mass is 337 g/mol. The summed E-state index contributed by atoms with van der Waals surface area (Å²) < 4.78 is 3.35. The molecule has 6 heteroatoms. The highest BCUT2D eigenvalue weighted by Crippen LogP contribution is 2.26. The molecular weight excluding hydrogens is 321 g/mol. The Morgan fingerprint density at radius 1 is 1.30 bits per heavy atom. The number of alkyl halides is 3. The van der Waals surface area contributed by atoms with Crippen LogP contribution in [0.4, 0.5) is 5.69 Å². The third-order valence-electron chi connectivity index (χ3n) is 2.92. The van der Waals surface area contributed by atoms with E-state index in [1.807, 2.05) is 26.8 Å². The molecule has 0 saturated heterocycles. The van der Waals surface area contributed by atoms with E-state index in [4.69, 9.17) is 39.5 Å². The topological polar surface area (TPSA) is 38.3 Å². The van der Waals surface area contributed by atoms with Crippen LogP contribution in [0.1, 0.15) is 23.6 Å². The molecule has 0 radical (unpaired) electrons. The Labute approximate surface area is 134 Å². The van der Waals surface area contributed by atoms with Crippen molar-refractivity contribution in [2.24, 2.45) is 0 Å². The van der Waals surface area contributed by atoms with Gasteiger partial charge in [0.15, 0.2) is 0 Å². The van der Waals surface area contributed by atoms with Crippen LogP contribution in [0, 0.1) is 20.8 Å². The fraction of sp³-hybridized carbons (Fsp3) is 0.500. The van der Waals surface area contributed by atoms with Crippen molar-refractivity contribution in [1.82, 2.24) is 0 Å². The molecular formula is C14H18Cl3NO2. The van der Waals surface area contributed by atoms with Crippen molar-refractivity contribution in [3.63, 3.8) is 0 Å². The number of hydrogen-bond acceptors (Lipinski definition) is 3. The summed E-state index contributed by atoms with van der Waals surface area (Å²) in [7, 11) is 0. The van der Waals surface area contributed by atoms with Gasteiger partial charge < -0.3 is 10.1 Å². The number of anilines is 1. The third kappa shape index (κ3) is 5.39. The molecule has 0 bridgehead atoms. The molecule has 0 aliphatic carbocycles. The molecule has 112 valence electrons. The third-order valence-corrected chi connectivity index (χ3v) is 3.24. The van der Waals surface area contributed by atoms with Gasteiger partial charge in [0.25, 0.3) is 0 Å². The molecule has 0 aromatic heterocycles. The van der Waals surface area contributed by atoms with E-state index in [1.54, 1.807) is 6.92 Å². The van der Waals surface area contributed by atoms with Crippen molar-refractivity contribution in [2.75, 3.05) is 11.9 Å². The Hall–Kier alpha value is -0.640. The Balaban J connectivity index is 2.71. The highest BCUT2D eigenvalue weighted by atomic mass is 35.6. The first-order valence-electron chi connectivity index (χ1n) is 6.18. The molecule has 0 amide bonds. The summed E-state index contributed by atoms with van der Waals surface area (Å²) in [6, 6.07) is 3.55. The van der Waals surface area contributed by atoms with Gasteiger partial charge in [-0.25, -0.2) is 4.79 Å². The minimum Gasteiger partial charge on any atom is -0.460 e. The lowest BCUT2D eigenvalue weighted by Gasteiger charge is -2.19. The van der Waals surface area contributed by atoms with Gasteiger partial charge in [0.05, 0.1) is 0 Å². The molecule has 1 N–H and O–H groups in total. The summed E-state index contributed by atoms with van der Waals surface area (Å²) in [5.74, 6) is -0.463. The number of aryl methyl sites for hydroxylation is 2. The quantitative estimate of drug-likeness (QED) is 0.656. The second-order valence-corrected chi connectivity index (χ2v) is 7.36. The first-order valence-corrected chi connectivity index (χ1v) is 7.31. The molecule has 3 nitrogen and oxygen atoms in total. The molecule has 1 aromatic rings. The highest BCUT2D eigenvalue weighted by Gasteiger charge is 2.24. The molecule has 0 heterocycles. The molecule has 1 rings (SSSR count). The van der Waals surface area contributed by atoms with Gasteiger partial charge in [-0.1, -0.05) is 40.9 Å². The number of hydrogen-bond donors (Lipinski definition) is 1. The van der Waals surface area contributed by atoms with E-state index in [9.17, 15) is 4.79 Å². The molecule has 0 aliphatic heterocycles. The zero-order chi connectivity index (χ0) is 15.5. The first kappa shape index (κ1) is 17.4. The lowest BCUT2D eigenvalue weighted by Crippen LogP contribution is -2.31. The maximum absolute atomic E-state index is 11.8. The Bertz CT molecular complexity index is 498. The SMILES string of the molecule is Cc1cc(C)c(C)c(N[C@@H](C)C(=O)OCC(Cl)(Cl)Cl)c1. The summed E-state index contributed by atoms with van der Waals surface area (Å²) in [5, 5.41) is 3.12. The van der Waals surface area contributed by atoms with Crippen LogP contribution in [0.3, 0.4) is 0 Å². The second-order valence-electron chi connectivity index (χ2n) is 4.84. The van der Waals surface area contributed by atoms with Crippen LogP contribution >= 0.6 is 34.8 Å². The van der Waals surface area contributed by atoms with Gasteiger partial charge >= 0.3 is 5.97 Å². The van der Waals surface area contributed by atoms with Gasteiger partial charge in [-0.3, -0.25) is 0 Å². The summed E-state index contributed by atoms with van der Waals surface area (Å²) in [6.45, 7) is 7.46. The molecule has 0 fully saturated rings. The van der Waals surface area contributed by atoms with Gasteiger partial charge in [0, 0.05) is 5.69 Å². The Morgan fingerprint density at radius 3 is 2.45 bits per heavy atom.